The van der Waals surface area contributed by atoms with Crippen molar-refractivity contribution in [2.45, 2.75) is 38.8 Å². The molecule has 0 aromatic carbocycles. The van der Waals surface area contributed by atoms with E-state index < -0.39 is 0 Å². The van der Waals surface area contributed by atoms with Crippen molar-refractivity contribution in [2.75, 3.05) is 18.4 Å². The van der Waals surface area contributed by atoms with Crippen LogP contribution >= 0.6 is 0 Å². The van der Waals surface area contributed by atoms with E-state index in [1.165, 1.54) is 0 Å². The number of nitrogens with zero attached hydrogens (tertiary/aromatic N) is 2. The molecule has 0 radical (unpaired) electrons. The van der Waals surface area contributed by atoms with E-state index in [4.69, 9.17) is 4.52 Å². The largest absolute Gasteiger partial charge is 0.393 e. The van der Waals surface area contributed by atoms with E-state index in [-0.39, 0.29) is 18.1 Å². The molecule has 1 aromatic heterocycles. The lowest BCUT2D eigenvalue weighted by molar-refractivity contribution is -0.121. The summed E-state index contributed by atoms with van der Waals surface area (Å²) in [6, 6.07) is 1.45. The zero-order chi connectivity index (χ0) is 13.1. The maximum absolute atomic E-state index is 12.0. The van der Waals surface area contributed by atoms with Crippen molar-refractivity contribution in [3.63, 3.8) is 0 Å². The molecule has 1 fully saturated rings. The number of piperidine rings is 1. The van der Waals surface area contributed by atoms with Crippen LogP contribution in [0.4, 0.5) is 5.88 Å². The second kappa shape index (κ2) is 5.49. The second-order valence-corrected chi connectivity index (χ2v) is 4.76. The fraction of sp³-hybridized carbons (Fsp3) is 0.667. The fourth-order valence-corrected chi connectivity index (χ4v) is 2.09. The van der Waals surface area contributed by atoms with Crippen molar-refractivity contribution in [1.82, 2.24) is 10.1 Å². The first-order valence-electron chi connectivity index (χ1n) is 6.22. The molecule has 2 heterocycles. The molecule has 6 nitrogen and oxygen atoms in total. The summed E-state index contributed by atoms with van der Waals surface area (Å²) in [5, 5.41) is 15.8. The van der Waals surface area contributed by atoms with E-state index in [2.05, 4.69) is 15.4 Å². The van der Waals surface area contributed by atoms with E-state index in [1.54, 1.807) is 13.0 Å². The molecule has 0 bridgehead atoms. The molecule has 1 amide bonds. The lowest BCUT2D eigenvalue weighted by atomic mass is 10.1. The highest BCUT2D eigenvalue weighted by Crippen LogP contribution is 2.15. The van der Waals surface area contributed by atoms with Crippen molar-refractivity contribution >= 4 is 11.8 Å². The Hall–Kier alpha value is -1.40. The number of anilines is 1. The number of aryl methyl sites for hydroxylation is 1. The molecule has 1 atom stereocenters. The van der Waals surface area contributed by atoms with Crippen LogP contribution in [0.25, 0.3) is 0 Å². The first kappa shape index (κ1) is 13.0. The maximum atomic E-state index is 12.0. The van der Waals surface area contributed by atoms with E-state index in [0.29, 0.717) is 5.88 Å². The van der Waals surface area contributed by atoms with Gasteiger partial charge in [-0.1, -0.05) is 5.16 Å². The molecule has 1 aromatic rings. The van der Waals surface area contributed by atoms with Gasteiger partial charge in [0.2, 0.25) is 11.8 Å². The minimum atomic E-state index is -0.233. The normalized spacial score (nSPS) is 19.7. The van der Waals surface area contributed by atoms with Crippen LogP contribution in [0, 0.1) is 6.92 Å². The third kappa shape index (κ3) is 3.08. The van der Waals surface area contributed by atoms with Gasteiger partial charge in [0.25, 0.3) is 0 Å². The molecule has 1 aliphatic heterocycles. The van der Waals surface area contributed by atoms with Crippen LogP contribution in [0.15, 0.2) is 10.6 Å². The molecule has 0 spiro atoms. The number of aromatic nitrogens is 1. The minimum Gasteiger partial charge on any atom is -0.393 e. The number of hydrogen-bond acceptors (Lipinski definition) is 5. The zero-order valence-corrected chi connectivity index (χ0v) is 10.7. The van der Waals surface area contributed by atoms with Crippen LogP contribution < -0.4 is 5.32 Å². The highest BCUT2D eigenvalue weighted by molar-refractivity contribution is 5.93. The summed E-state index contributed by atoms with van der Waals surface area (Å²) < 4.78 is 4.95. The number of aliphatic hydroxyl groups is 1. The number of rotatable bonds is 3. The fourth-order valence-electron chi connectivity index (χ4n) is 2.09. The average Bonchev–Trinajstić information content (AvgIpc) is 2.75. The average molecular weight is 253 g/mol. The van der Waals surface area contributed by atoms with E-state index >= 15 is 0 Å². The quantitative estimate of drug-likeness (QED) is 0.831. The number of carbonyl (C=O) groups excluding carboxylic acids is 1. The molecule has 2 N–H and O–H groups in total. The van der Waals surface area contributed by atoms with Gasteiger partial charge in [-0.2, -0.15) is 0 Å². The summed E-state index contributed by atoms with van der Waals surface area (Å²) in [6.45, 7) is 5.14. The highest BCUT2D eigenvalue weighted by atomic mass is 16.5. The molecule has 1 aliphatic rings. The van der Waals surface area contributed by atoms with Gasteiger partial charge in [-0.25, -0.2) is 0 Å². The van der Waals surface area contributed by atoms with Crippen LogP contribution in [-0.4, -0.2) is 46.3 Å². The number of nitrogens with one attached hydrogen (secondary N) is 1. The lowest BCUT2D eigenvalue weighted by Gasteiger charge is -2.33. The van der Waals surface area contributed by atoms with Gasteiger partial charge in [-0.05, 0) is 26.7 Å². The Labute approximate surface area is 106 Å². The Kier molecular flexibility index (Phi) is 3.98. The molecule has 0 aliphatic carbocycles. The number of likely N-dealkylation sites (tertiary alicyclic amines) is 1. The molecular formula is C12H19N3O3. The van der Waals surface area contributed by atoms with Gasteiger partial charge in [0.15, 0.2) is 0 Å². The van der Waals surface area contributed by atoms with Crippen molar-refractivity contribution < 1.29 is 14.4 Å². The molecule has 1 unspecified atom stereocenters. The van der Waals surface area contributed by atoms with Gasteiger partial charge in [-0.3, -0.25) is 15.0 Å². The first-order valence-corrected chi connectivity index (χ1v) is 6.22. The van der Waals surface area contributed by atoms with Crippen molar-refractivity contribution in [1.29, 1.82) is 0 Å². The SMILES string of the molecule is Cc1cc(NC(=O)C(C)N2CCC(O)CC2)on1. The lowest BCUT2D eigenvalue weighted by Crippen LogP contribution is -2.46. The summed E-state index contributed by atoms with van der Waals surface area (Å²) in [5.74, 6) is 0.268. The third-order valence-corrected chi connectivity index (χ3v) is 3.30. The Bertz CT molecular complexity index is 410. The summed E-state index contributed by atoms with van der Waals surface area (Å²) in [6.07, 6.45) is 1.21. The van der Waals surface area contributed by atoms with Gasteiger partial charge in [0.1, 0.15) is 0 Å². The molecule has 18 heavy (non-hydrogen) atoms. The summed E-state index contributed by atoms with van der Waals surface area (Å²) >= 11 is 0. The van der Waals surface area contributed by atoms with Crippen LogP contribution in [-0.2, 0) is 4.79 Å². The molecule has 100 valence electrons. The first-order chi connectivity index (χ1) is 8.56. The van der Waals surface area contributed by atoms with Crippen LogP contribution in [0.5, 0.6) is 0 Å². The predicted octanol–water partition coefficient (Wildman–Crippen LogP) is 0.767. The maximum Gasteiger partial charge on any atom is 0.243 e. The second-order valence-electron chi connectivity index (χ2n) is 4.76. The molecule has 2 rings (SSSR count). The Balaban J connectivity index is 1.88. The van der Waals surface area contributed by atoms with E-state index in [1.807, 2.05) is 6.92 Å². The zero-order valence-electron chi connectivity index (χ0n) is 10.7. The van der Waals surface area contributed by atoms with Crippen LogP contribution in [0.2, 0.25) is 0 Å². The molecule has 6 heteroatoms. The number of carbonyl (C=O) groups is 1. The van der Waals surface area contributed by atoms with Crippen molar-refractivity contribution in [2.24, 2.45) is 0 Å². The van der Waals surface area contributed by atoms with Crippen molar-refractivity contribution in [3.8, 4) is 0 Å². The molecule has 0 saturated carbocycles. The van der Waals surface area contributed by atoms with E-state index in [0.717, 1.165) is 31.6 Å². The summed E-state index contributed by atoms with van der Waals surface area (Å²) in [5.41, 5.74) is 0.735. The smallest absolute Gasteiger partial charge is 0.243 e. The van der Waals surface area contributed by atoms with Gasteiger partial charge in [0.05, 0.1) is 17.8 Å². The standard InChI is InChI=1S/C12H19N3O3/c1-8-7-11(18-14-8)13-12(17)9(2)15-5-3-10(16)4-6-15/h7,9-10,16H,3-6H2,1-2H3,(H,13,17). The summed E-state index contributed by atoms with van der Waals surface area (Å²) in [7, 11) is 0. The molecule has 1 saturated heterocycles. The Morgan fingerprint density at radius 1 is 1.61 bits per heavy atom. The Morgan fingerprint density at radius 2 is 2.28 bits per heavy atom. The van der Waals surface area contributed by atoms with E-state index in [9.17, 15) is 9.90 Å². The monoisotopic (exact) mass is 253 g/mol. The molecular weight excluding hydrogens is 234 g/mol. The predicted molar refractivity (Wildman–Crippen MR) is 66.1 cm³/mol. The van der Waals surface area contributed by atoms with Crippen LogP contribution in [0.3, 0.4) is 0 Å². The number of amides is 1. The van der Waals surface area contributed by atoms with Gasteiger partial charge < -0.3 is 9.63 Å². The number of aliphatic hydroxyl groups excluding tert-OH is 1. The van der Waals surface area contributed by atoms with Gasteiger partial charge in [0, 0.05) is 19.2 Å². The van der Waals surface area contributed by atoms with Gasteiger partial charge in [-0.15, -0.1) is 0 Å². The van der Waals surface area contributed by atoms with Crippen molar-refractivity contribution in [3.05, 3.63) is 11.8 Å². The third-order valence-electron chi connectivity index (χ3n) is 3.30. The minimum absolute atomic E-state index is 0.109. The van der Waals surface area contributed by atoms with Gasteiger partial charge >= 0.3 is 0 Å². The summed E-state index contributed by atoms with van der Waals surface area (Å²) in [4.78, 5) is 14.1. The van der Waals surface area contributed by atoms with Crippen LogP contribution in [0.1, 0.15) is 25.5 Å². The topological polar surface area (TPSA) is 78.6 Å². The Morgan fingerprint density at radius 3 is 2.83 bits per heavy atom. The highest BCUT2D eigenvalue weighted by Gasteiger charge is 2.26. The number of hydrogen-bond donors (Lipinski definition) is 2.